The van der Waals surface area contributed by atoms with E-state index in [1.807, 2.05) is 25.1 Å². The van der Waals surface area contributed by atoms with Gasteiger partial charge in [0.1, 0.15) is 5.75 Å². The predicted octanol–water partition coefficient (Wildman–Crippen LogP) is 4.10. The molecule has 0 aromatic heterocycles. The fraction of sp³-hybridized carbons (Fsp3) is 0.278. The number of aryl methyl sites for hydroxylation is 1. The van der Waals surface area contributed by atoms with Gasteiger partial charge in [0.15, 0.2) is 0 Å². The lowest BCUT2D eigenvalue weighted by atomic mass is 10.1. The Kier molecular flexibility index (Phi) is 8.15. The number of benzene rings is 2. The Balaban J connectivity index is 0.00000312. The Bertz CT molecular complexity index is 681. The maximum Gasteiger partial charge on any atom is 0.387 e. The highest BCUT2D eigenvalue weighted by molar-refractivity contribution is 5.85. The summed E-state index contributed by atoms with van der Waals surface area (Å²) >= 11 is 0. The summed E-state index contributed by atoms with van der Waals surface area (Å²) in [6, 6.07) is 13.4. The highest BCUT2D eigenvalue weighted by Gasteiger charge is 2.11. The first-order valence-corrected chi connectivity index (χ1v) is 7.63. The van der Waals surface area contributed by atoms with Crippen molar-refractivity contribution in [1.82, 2.24) is 5.32 Å². The maximum atomic E-state index is 12.1. The summed E-state index contributed by atoms with van der Waals surface area (Å²) in [4.78, 5) is 12.0. The summed E-state index contributed by atoms with van der Waals surface area (Å²) in [6.45, 7) is -1.02. The molecule has 0 fully saturated rings. The molecule has 0 spiro atoms. The van der Waals surface area contributed by atoms with Crippen molar-refractivity contribution in [2.24, 2.45) is 0 Å². The Morgan fingerprint density at radius 3 is 2.40 bits per heavy atom. The van der Waals surface area contributed by atoms with Crippen LogP contribution in [0, 0.1) is 0 Å². The minimum atomic E-state index is -2.85. The number of amides is 1. The SMILES string of the molecule is CC(NC(=O)CCc1ccccc1N)c1ccc(OC(F)F)cc1.Cl. The van der Waals surface area contributed by atoms with Gasteiger partial charge < -0.3 is 15.8 Å². The normalized spacial score (nSPS) is 11.5. The molecule has 2 aromatic carbocycles. The lowest BCUT2D eigenvalue weighted by molar-refractivity contribution is -0.121. The zero-order valence-corrected chi connectivity index (χ0v) is 14.6. The standard InChI is InChI=1S/C18H20F2N2O2.ClH/c1-12(13-6-9-15(10-7-13)24-18(19)20)22-17(23)11-8-14-4-2-3-5-16(14)21;/h2-7,9-10,12,18H,8,11,21H2,1H3,(H,22,23);1H. The minimum Gasteiger partial charge on any atom is -0.435 e. The Morgan fingerprint density at radius 2 is 1.80 bits per heavy atom. The molecule has 0 radical (unpaired) electrons. The number of para-hydroxylation sites is 1. The van der Waals surface area contributed by atoms with E-state index in [4.69, 9.17) is 5.73 Å². The van der Waals surface area contributed by atoms with E-state index >= 15 is 0 Å². The second-order valence-electron chi connectivity index (χ2n) is 5.44. The lowest BCUT2D eigenvalue weighted by Gasteiger charge is -2.15. The molecule has 25 heavy (non-hydrogen) atoms. The molecule has 0 aliphatic heterocycles. The van der Waals surface area contributed by atoms with E-state index in [1.54, 1.807) is 18.2 Å². The summed E-state index contributed by atoms with van der Waals surface area (Å²) in [7, 11) is 0. The highest BCUT2D eigenvalue weighted by Crippen LogP contribution is 2.19. The molecular weight excluding hydrogens is 350 g/mol. The number of alkyl halides is 2. The minimum absolute atomic E-state index is 0. The van der Waals surface area contributed by atoms with E-state index < -0.39 is 6.61 Å². The van der Waals surface area contributed by atoms with Gasteiger partial charge in [-0.2, -0.15) is 8.78 Å². The fourth-order valence-electron chi connectivity index (χ4n) is 2.34. The molecule has 0 heterocycles. The van der Waals surface area contributed by atoms with E-state index in [2.05, 4.69) is 10.1 Å². The van der Waals surface area contributed by atoms with Gasteiger partial charge in [-0.3, -0.25) is 4.79 Å². The van der Waals surface area contributed by atoms with E-state index in [1.165, 1.54) is 12.1 Å². The van der Waals surface area contributed by atoms with Crippen LogP contribution in [0.2, 0.25) is 0 Å². The van der Waals surface area contributed by atoms with Gasteiger partial charge in [-0.05, 0) is 42.7 Å². The topological polar surface area (TPSA) is 64.4 Å². The Hall–Kier alpha value is -2.34. The average Bonchev–Trinajstić information content (AvgIpc) is 2.54. The second-order valence-corrected chi connectivity index (χ2v) is 5.44. The molecular formula is C18H21ClF2N2O2. The van der Waals surface area contributed by atoms with Gasteiger partial charge in [0, 0.05) is 12.1 Å². The molecule has 7 heteroatoms. The van der Waals surface area contributed by atoms with Crippen LogP contribution in [0.15, 0.2) is 48.5 Å². The number of anilines is 1. The average molecular weight is 371 g/mol. The van der Waals surface area contributed by atoms with Crippen molar-refractivity contribution in [2.45, 2.75) is 32.4 Å². The van der Waals surface area contributed by atoms with Crippen molar-refractivity contribution in [2.75, 3.05) is 5.73 Å². The summed E-state index contributed by atoms with van der Waals surface area (Å²) in [5.74, 6) is -0.00881. The molecule has 136 valence electrons. The third kappa shape index (κ3) is 6.58. The van der Waals surface area contributed by atoms with E-state index in [9.17, 15) is 13.6 Å². The molecule has 1 atom stereocenters. The van der Waals surface area contributed by atoms with Crippen molar-refractivity contribution in [3.63, 3.8) is 0 Å². The molecule has 4 nitrogen and oxygen atoms in total. The number of rotatable bonds is 7. The van der Waals surface area contributed by atoms with Crippen molar-refractivity contribution >= 4 is 24.0 Å². The first-order valence-electron chi connectivity index (χ1n) is 7.63. The molecule has 2 rings (SSSR count). The smallest absolute Gasteiger partial charge is 0.387 e. The number of nitrogens with one attached hydrogen (secondary N) is 1. The van der Waals surface area contributed by atoms with E-state index in [0.29, 0.717) is 18.5 Å². The fourth-order valence-corrected chi connectivity index (χ4v) is 2.34. The summed E-state index contributed by atoms with van der Waals surface area (Å²) in [6.07, 6.45) is 0.886. The summed E-state index contributed by atoms with van der Waals surface area (Å²) in [5, 5.41) is 2.88. The molecule has 0 aliphatic rings. The Labute approximate surface area is 151 Å². The van der Waals surface area contributed by atoms with Crippen molar-refractivity contribution < 1.29 is 18.3 Å². The van der Waals surface area contributed by atoms with Crippen LogP contribution in [-0.2, 0) is 11.2 Å². The first-order chi connectivity index (χ1) is 11.5. The first kappa shape index (κ1) is 20.7. The monoisotopic (exact) mass is 370 g/mol. The van der Waals surface area contributed by atoms with Crippen LogP contribution >= 0.6 is 12.4 Å². The van der Waals surface area contributed by atoms with E-state index in [-0.39, 0.29) is 30.1 Å². The molecule has 2 aromatic rings. The quantitative estimate of drug-likeness (QED) is 0.721. The van der Waals surface area contributed by atoms with Gasteiger partial charge in [0.2, 0.25) is 5.91 Å². The molecule has 1 amide bonds. The number of halogens is 3. The number of hydrogen-bond donors (Lipinski definition) is 2. The van der Waals surface area contributed by atoms with Crippen molar-refractivity contribution in [3.05, 3.63) is 59.7 Å². The molecule has 0 saturated heterocycles. The zero-order valence-electron chi connectivity index (χ0n) is 13.7. The zero-order chi connectivity index (χ0) is 17.5. The van der Waals surface area contributed by atoms with Crippen molar-refractivity contribution in [3.8, 4) is 5.75 Å². The molecule has 0 bridgehead atoms. The molecule has 3 N–H and O–H groups in total. The second kappa shape index (κ2) is 9.84. The summed E-state index contributed by atoms with van der Waals surface area (Å²) in [5.41, 5.74) is 8.27. The molecule has 0 aliphatic carbocycles. The number of ether oxygens (including phenoxy) is 1. The van der Waals surface area contributed by atoms with E-state index in [0.717, 1.165) is 11.1 Å². The molecule has 0 saturated carbocycles. The Morgan fingerprint density at radius 1 is 1.16 bits per heavy atom. The van der Waals surface area contributed by atoms with Crippen LogP contribution in [0.5, 0.6) is 5.75 Å². The van der Waals surface area contributed by atoms with Crippen LogP contribution in [0.4, 0.5) is 14.5 Å². The summed E-state index contributed by atoms with van der Waals surface area (Å²) < 4.78 is 28.5. The van der Waals surface area contributed by atoms with Crippen molar-refractivity contribution in [1.29, 1.82) is 0 Å². The number of hydrogen-bond acceptors (Lipinski definition) is 3. The van der Waals surface area contributed by atoms with Gasteiger partial charge in [-0.15, -0.1) is 12.4 Å². The number of nitrogens with two attached hydrogens (primary N) is 1. The van der Waals surface area contributed by atoms with Crippen LogP contribution in [0.3, 0.4) is 0 Å². The van der Waals surface area contributed by atoms with Gasteiger partial charge in [0.05, 0.1) is 6.04 Å². The number of carbonyl (C=O) groups excluding carboxylic acids is 1. The van der Waals surface area contributed by atoms with Crippen LogP contribution in [-0.4, -0.2) is 12.5 Å². The van der Waals surface area contributed by atoms with Crippen LogP contribution in [0.25, 0.3) is 0 Å². The van der Waals surface area contributed by atoms with Gasteiger partial charge in [-0.25, -0.2) is 0 Å². The lowest BCUT2D eigenvalue weighted by Crippen LogP contribution is -2.26. The van der Waals surface area contributed by atoms with Gasteiger partial charge in [0.25, 0.3) is 0 Å². The van der Waals surface area contributed by atoms with Crippen LogP contribution in [0.1, 0.15) is 30.5 Å². The number of nitrogen functional groups attached to an aromatic ring is 1. The third-order valence-electron chi connectivity index (χ3n) is 3.66. The van der Waals surface area contributed by atoms with Gasteiger partial charge >= 0.3 is 6.61 Å². The number of carbonyl (C=O) groups is 1. The molecule has 1 unspecified atom stereocenters. The maximum absolute atomic E-state index is 12.1. The predicted molar refractivity (Wildman–Crippen MR) is 96.1 cm³/mol. The van der Waals surface area contributed by atoms with Gasteiger partial charge in [-0.1, -0.05) is 30.3 Å². The van der Waals surface area contributed by atoms with Crippen LogP contribution < -0.4 is 15.8 Å². The highest BCUT2D eigenvalue weighted by atomic mass is 35.5. The largest absolute Gasteiger partial charge is 0.435 e. The third-order valence-corrected chi connectivity index (χ3v) is 3.66.